The van der Waals surface area contributed by atoms with E-state index >= 15 is 0 Å². The largest absolute Gasteiger partial charge is 0.494 e. The molecule has 0 bridgehead atoms. The molecule has 0 amide bonds. The number of aromatic nitrogens is 5. The molecule has 0 saturated carbocycles. The van der Waals surface area contributed by atoms with Crippen LogP contribution in [-0.2, 0) is 6.54 Å². The maximum Gasteiger partial charge on any atom is 0.253 e. The number of aromatic amines is 1. The molecule has 0 radical (unpaired) electrons. The lowest BCUT2D eigenvalue weighted by Crippen LogP contribution is -2.41. The average molecular weight is 477 g/mol. The van der Waals surface area contributed by atoms with Crippen LogP contribution in [0.2, 0.25) is 0 Å². The lowest BCUT2D eigenvalue weighted by molar-refractivity contribution is 0.141. The van der Waals surface area contributed by atoms with Gasteiger partial charge in [0, 0.05) is 23.0 Å². The second kappa shape index (κ2) is 9.95. The zero-order valence-electron chi connectivity index (χ0n) is 19.9. The van der Waals surface area contributed by atoms with Crippen molar-refractivity contribution in [2.75, 3.05) is 19.7 Å². The van der Waals surface area contributed by atoms with Crippen LogP contribution in [0.3, 0.4) is 0 Å². The summed E-state index contributed by atoms with van der Waals surface area (Å²) in [6.07, 6.45) is 2.19. The van der Waals surface area contributed by atoms with Crippen molar-refractivity contribution in [1.29, 1.82) is 0 Å². The molecule has 4 aromatic rings. The van der Waals surface area contributed by atoms with E-state index < -0.39 is 6.04 Å². The summed E-state index contributed by atoms with van der Waals surface area (Å²) in [7, 11) is 0. The first-order valence-electron chi connectivity index (χ1n) is 12.1. The highest BCUT2D eigenvalue weighted by atomic mass is 19.1. The number of hydrogen-bond acceptors (Lipinski definition) is 6. The Kier molecular flexibility index (Phi) is 6.59. The van der Waals surface area contributed by atoms with Gasteiger partial charge < -0.3 is 9.72 Å². The SMILES string of the molecule is CCOc1ccc2[nH]c(=O)c([C@@H](c3nnnn3Cc3ccc(F)cc3)N3CCC[C@@H](C)C3)cc2c1. The maximum atomic E-state index is 13.4. The Morgan fingerprint density at radius 2 is 2.03 bits per heavy atom. The quantitative estimate of drug-likeness (QED) is 0.435. The van der Waals surface area contributed by atoms with Gasteiger partial charge >= 0.3 is 0 Å². The Labute approximate surface area is 202 Å². The summed E-state index contributed by atoms with van der Waals surface area (Å²) in [5.41, 5.74) is 2.05. The Morgan fingerprint density at radius 1 is 1.20 bits per heavy atom. The van der Waals surface area contributed by atoms with Crippen molar-refractivity contribution in [3.8, 4) is 5.75 Å². The van der Waals surface area contributed by atoms with Gasteiger partial charge in [-0.1, -0.05) is 19.1 Å². The van der Waals surface area contributed by atoms with Gasteiger partial charge in [-0.05, 0) is 84.6 Å². The number of nitrogens with one attached hydrogen (secondary N) is 1. The first-order valence-corrected chi connectivity index (χ1v) is 12.1. The third-order valence-electron chi connectivity index (χ3n) is 6.55. The van der Waals surface area contributed by atoms with Gasteiger partial charge in [0.25, 0.3) is 5.56 Å². The van der Waals surface area contributed by atoms with Gasteiger partial charge in [0.2, 0.25) is 0 Å². The number of fused-ring (bicyclic) bond motifs is 1. The van der Waals surface area contributed by atoms with Crippen molar-refractivity contribution in [2.45, 2.75) is 39.3 Å². The molecule has 3 heterocycles. The van der Waals surface area contributed by atoms with Crippen LogP contribution in [0.1, 0.15) is 49.7 Å². The van der Waals surface area contributed by atoms with Crippen LogP contribution in [0.4, 0.5) is 4.39 Å². The number of halogens is 1. The maximum absolute atomic E-state index is 13.4. The van der Waals surface area contributed by atoms with E-state index in [0.717, 1.165) is 48.1 Å². The topological polar surface area (TPSA) is 88.9 Å². The van der Waals surface area contributed by atoms with Crippen LogP contribution < -0.4 is 10.3 Å². The smallest absolute Gasteiger partial charge is 0.253 e. The fraction of sp³-hybridized carbons (Fsp3) is 0.385. The van der Waals surface area contributed by atoms with E-state index in [4.69, 9.17) is 4.74 Å². The van der Waals surface area contributed by atoms with Crippen LogP contribution in [-0.4, -0.2) is 49.8 Å². The fourth-order valence-corrected chi connectivity index (χ4v) is 4.90. The van der Waals surface area contributed by atoms with E-state index in [2.05, 4.69) is 32.3 Å². The molecule has 1 N–H and O–H groups in total. The number of H-pyrrole nitrogens is 1. The summed E-state index contributed by atoms with van der Waals surface area (Å²) in [5, 5.41) is 13.5. The third-order valence-corrected chi connectivity index (χ3v) is 6.55. The zero-order valence-corrected chi connectivity index (χ0v) is 19.9. The Bertz CT molecular complexity index is 1370. The van der Waals surface area contributed by atoms with E-state index in [1.54, 1.807) is 16.8 Å². The molecule has 2 aromatic heterocycles. The van der Waals surface area contributed by atoms with Gasteiger partial charge in [0.05, 0.1) is 13.2 Å². The number of piperidine rings is 1. The number of hydrogen-bond donors (Lipinski definition) is 1. The summed E-state index contributed by atoms with van der Waals surface area (Å²) < 4.78 is 20.8. The van der Waals surface area contributed by atoms with E-state index in [9.17, 15) is 9.18 Å². The number of ether oxygens (including phenoxy) is 1. The van der Waals surface area contributed by atoms with Gasteiger partial charge in [-0.25, -0.2) is 9.07 Å². The molecule has 2 atom stereocenters. The standard InChI is InChI=1S/C26H29FN6O2/c1-3-35-21-10-11-23-19(13-21)14-22(26(34)28-23)24(32-12-4-5-17(2)15-32)25-29-30-31-33(25)16-18-6-8-20(27)9-7-18/h6-11,13-14,17,24H,3-5,12,15-16H2,1-2H3,(H,28,34)/t17-,24+/m1/s1. The van der Waals surface area contributed by atoms with Crippen LogP contribution >= 0.6 is 0 Å². The number of tetrazole rings is 1. The van der Waals surface area contributed by atoms with E-state index in [1.807, 2.05) is 31.2 Å². The van der Waals surface area contributed by atoms with Crippen molar-refractivity contribution in [2.24, 2.45) is 5.92 Å². The Hall–Kier alpha value is -3.59. The Morgan fingerprint density at radius 3 is 2.80 bits per heavy atom. The summed E-state index contributed by atoms with van der Waals surface area (Å²) in [6, 6.07) is 13.5. The van der Waals surface area contributed by atoms with Crippen LogP contribution in [0.25, 0.3) is 10.9 Å². The second-order valence-electron chi connectivity index (χ2n) is 9.20. The number of likely N-dealkylation sites (tertiary alicyclic amines) is 1. The summed E-state index contributed by atoms with van der Waals surface area (Å²) in [4.78, 5) is 18.7. The number of rotatable bonds is 7. The van der Waals surface area contributed by atoms with Crippen molar-refractivity contribution < 1.29 is 9.13 Å². The second-order valence-corrected chi connectivity index (χ2v) is 9.20. The van der Waals surface area contributed by atoms with E-state index in [0.29, 0.717) is 30.5 Å². The third kappa shape index (κ3) is 4.95. The Balaban J connectivity index is 1.61. The van der Waals surface area contributed by atoms with Gasteiger partial charge in [-0.3, -0.25) is 9.69 Å². The molecule has 182 valence electrons. The van der Waals surface area contributed by atoms with Gasteiger partial charge in [-0.15, -0.1) is 5.10 Å². The molecule has 0 aliphatic carbocycles. The normalized spacial score (nSPS) is 17.5. The lowest BCUT2D eigenvalue weighted by atomic mass is 9.95. The van der Waals surface area contributed by atoms with Crippen LogP contribution in [0.15, 0.2) is 53.3 Å². The molecule has 1 aliphatic rings. The molecule has 9 heteroatoms. The van der Waals surface area contributed by atoms with Crippen LogP contribution in [0, 0.1) is 11.7 Å². The minimum Gasteiger partial charge on any atom is -0.494 e. The summed E-state index contributed by atoms with van der Waals surface area (Å²) in [5.74, 6) is 1.55. The minimum atomic E-state index is -0.419. The predicted molar refractivity (Wildman–Crippen MR) is 131 cm³/mol. The number of nitrogens with zero attached hydrogens (tertiary/aromatic N) is 5. The molecule has 1 saturated heterocycles. The molecule has 0 spiro atoms. The van der Waals surface area contributed by atoms with Crippen molar-refractivity contribution in [3.05, 3.63) is 81.7 Å². The monoisotopic (exact) mass is 476 g/mol. The summed E-state index contributed by atoms with van der Waals surface area (Å²) in [6.45, 7) is 6.79. The van der Waals surface area contributed by atoms with Crippen LogP contribution in [0.5, 0.6) is 5.75 Å². The van der Waals surface area contributed by atoms with E-state index in [1.165, 1.54) is 12.1 Å². The molecular weight excluding hydrogens is 447 g/mol. The van der Waals surface area contributed by atoms with Gasteiger partial charge in [0.1, 0.15) is 17.6 Å². The highest BCUT2D eigenvalue weighted by Crippen LogP contribution is 2.31. The molecule has 2 aromatic carbocycles. The highest BCUT2D eigenvalue weighted by Gasteiger charge is 2.32. The van der Waals surface area contributed by atoms with Gasteiger partial charge in [-0.2, -0.15) is 0 Å². The van der Waals surface area contributed by atoms with Gasteiger partial charge in [0.15, 0.2) is 5.82 Å². The molecule has 5 rings (SSSR count). The average Bonchev–Trinajstić information content (AvgIpc) is 3.29. The molecule has 35 heavy (non-hydrogen) atoms. The fourth-order valence-electron chi connectivity index (χ4n) is 4.90. The number of pyridine rings is 1. The molecular formula is C26H29FN6O2. The molecule has 1 aliphatic heterocycles. The summed E-state index contributed by atoms with van der Waals surface area (Å²) >= 11 is 0. The highest BCUT2D eigenvalue weighted by molar-refractivity contribution is 5.80. The lowest BCUT2D eigenvalue weighted by Gasteiger charge is -2.36. The van der Waals surface area contributed by atoms with E-state index in [-0.39, 0.29) is 11.4 Å². The van der Waals surface area contributed by atoms with Crippen molar-refractivity contribution >= 4 is 10.9 Å². The molecule has 8 nitrogen and oxygen atoms in total. The number of benzene rings is 2. The van der Waals surface area contributed by atoms with Crippen molar-refractivity contribution in [1.82, 2.24) is 30.1 Å². The zero-order chi connectivity index (χ0) is 24.4. The predicted octanol–water partition coefficient (Wildman–Crippen LogP) is 3.92. The molecule has 1 fully saturated rings. The first kappa shape index (κ1) is 23.2. The van der Waals surface area contributed by atoms with Crippen molar-refractivity contribution in [3.63, 3.8) is 0 Å². The molecule has 0 unspecified atom stereocenters. The first-order chi connectivity index (χ1) is 17.0. The minimum absolute atomic E-state index is 0.166.